The summed E-state index contributed by atoms with van der Waals surface area (Å²) in [4.78, 5) is 16.6. The Labute approximate surface area is 150 Å². The molecule has 26 heavy (non-hydrogen) atoms. The third kappa shape index (κ3) is 3.59. The molecule has 1 amide bonds. The standard InChI is InChI=1S/C19H22F4N2O/c20-15-4-6-17(19(21,22)23)14(7-15)10-24-9-13-3-5-16(11-24)25(18(13)26)8-12-1-2-12/h4,6-7,12-13,16H,1-3,5,8-11H2. The lowest BCUT2D eigenvalue weighted by Gasteiger charge is -2.36. The average Bonchev–Trinajstić information content (AvgIpc) is 3.37. The Bertz CT molecular complexity index is 701. The maximum atomic E-state index is 13.6. The summed E-state index contributed by atoms with van der Waals surface area (Å²) in [5, 5.41) is 0. The van der Waals surface area contributed by atoms with E-state index in [1.54, 1.807) is 0 Å². The first kappa shape index (κ1) is 17.8. The lowest BCUT2D eigenvalue weighted by Crippen LogP contribution is -2.48. The summed E-state index contributed by atoms with van der Waals surface area (Å²) < 4.78 is 53.3. The van der Waals surface area contributed by atoms with Crippen LogP contribution in [0.2, 0.25) is 0 Å². The summed E-state index contributed by atoms with van der Waals surface area (Å²) in [5.41, 5.74) is -0.850. The van der Waals surface area contributed by atoms with Crippen molar-refractivity contribution in [1.82, 2.24) is 9.80 Å². The van der Waals surface area contributed by atoms with Crippen LogP contribution in [0.3, 0.4) is 0 Å². The van der Waals surface area contributed by atoms with Gasteiger partial charge in [0.2, 0.25) is 5.91 Å². The van der Waals surface area contributed by atoms with Crippen molar-refractivity contribution in [3.8, 4) is 0 Å². The molecule has 3 aliphatic heterocycles. The lowest BCUT2D eigenvalue weighted by molar-refractivity contribution is -0.140. The van der Waals surface area contributed by atoms with Gasteiger partial charge in [0.1, 0.15) is 5.82 Å². The van der Waals surface area contributed by atoms with Crippen molar-refractivity contribution in [1.29, 1.82) is 0 Å². The van der Waals surface area contributed by atoms with Gasteiger partial charge >= 0.3 is 6.18 Å². The Hall–Kier alpha value is -1.63. The van der Waals surface area contributed by atoms with Gasteiger partial charge in [0.05, 0.1) is 11.5 Å². The monoisotopic (exact) mass is 370 g/mol. The zero-order valence-corrected chi connectivity index (χ0v) is 14.4. The normalized spacial score (nSPS) is 27.1. The highest BCUT2D eigenvalue weighted by Gasteiger charge is 2.43. The van der Waals surface area contributed by atoms with Gasteiger partial charge in [0.15, 0.2) is 0 Å². The molecule has 0 N–H and O–H groups in total. The molecule has 3 nitrogen and oxygen atoms in total. The topological polar surface area (TPSA) is 23.6 Å². The summed E-state index contributed by atoms with van der Waals surface area (Å²) in [5.74, 6) is -0.0923. The van der Waals surface area contributed by atoms with Crippen molar-refractivity contribution in [3.05, 3.63) is 35.1 Å². The van der Waals surface area contributed by atoms with Crippen LogP contribution < -0.4 is 0 Å². The van der Waals surface area contributed by atoms with E-state index in [4.69, 9.17) is 0 Å². The number of alkyl halides is 3. The van der Waals surface area contributed by atoms with E-state index in [9.17, 15) is 22.4 Å². The molecule has 1 saturated carbocycles. The van der Waals surface area contributed by atoms with Gasteiger partial charge in [0.25, 0.3) is 0 Å². The molecule has 4 aliphatic rings. The van der Waals surface area contributed by atoms with Gasteiger partial charge < -0.3 is 4.90 Å². The first-order valence-corrected chi connectivity index (χ1v) is 9.19. The van der Waals surface area contributed by atoms with Crippen LogP contribution in [0.5, 0.6) is 0 Å². The highest BCUT2D eigenvalue weighted by molar-refractivity contribution is 5.80. The lowest BCUT2D eigenvalue weighted by atomic mass is 9.94. The number of amides is 1. The molecular weight excluding hydrogens is 348 g/mol. The smallest absolute Gasteiger partial charge is 0.338 e. The highest BCUT2D eigenvalue weighted by atomic mass is 19.4. The molecule has 142 valence electrons. The van der Waals surface area contributed by atoms with E-state index >= 15 is 0 Å². The van der Waals surface area contributed by atoms with Crippen LogP contribution in [0, 0.1) is 17.7 Å². The molecule has 2 unspecified atom stereocenters. The van der Waals surface area contributed by atoms with Crippen LogP contribution in [0.4, 0.5) is 17.6 Å². The van der Waals surface area contributed by atoms with Crippen LogP contribution >= 0.6 is 0 Å². The number of piperidine rings is 1. The van der Waals surface area contributed by atoms with E-state index in [1.807, 2.05) is 9.80 Å². The van der Waals surface area contributed by atoms with Gasteiger partial charge in [-0.05, 0) is 55.4 Å². The van der Waals surface area contributed by atoms with Gasteiger partial charge in [-0.25, -0.2) is 4.39 Å². The van der Waals surface area contributed by atoms with Crippen LogP contribution in [0.1, 0.15) is 36.8 Å². The van der Waals surface area contributed by atoms with E-state index in [0.717, 1.165) is 50.4 Å². The number of benzene rings is 1. The van der Waals surface area contributed by atoms with E-state index in [2.05, 4.69) is 0 Å². The molecule has 1 aromatic carbocycles. The van der Waals surface area contributed by atoms with Gasteiger partial charge in [-0.1, -0.05) is 0 Å². The summed E-state index contributed by atoms with van der Waals surface area (Å²) in [6.07, 6.45) is -0.515. The number of nitrogens with zero attached hydrogens (tertiary/aromatic N) is 2. The third-order valence-corrected chi connectivity index (χ3v) is 5.79. The number of halogens is 4. The van der Waals surface area contributed by atoms with Gasteiger partial charge in [0, 0.05) is 32.2 Å². The molecule has 1 aromatic rings. The average molecular weight is 370 g/mol. The fraction of sp³-hybridized carbons (Fsp3) is 0.632. The molecule has 2 atom stereocenters. The Morgan fingerprint density at radius 2 is 1.85 bits per heavy atom. The van der Waals surface area contributed by atoms with Gasteiger partial charge in [-0.15, -0.1) is 0 Å². The molecule has 1 aliphatic carbocycles. The molecule has 0 radical (unpaired) electrons. The number of rotatable bonds is 4. The van der Waals surface area contributed by atoms with Crippen LogP contribution in [-0.4, -0.2) is 41.4 Å². The summed E-state index contributed by atoms with van der Waals surface area (Å²) >= 11 is 0. The summed E-state index contributed by atoms with van der Waals surface area (Å²) in [7, 11) is 0. The molecule has 0 aromatic heterocycles. The second kappa shape index (κ2) is 6.51. The molecule has 3 heterocycles. The van der Waals surface area contributed by atoms with Gasteiger partial charge in [-0.3, -0.25) is 9.69 Å². The third-order valence-electron chi connectivity index (χ3n) is 5.79. The Balaban J connectivity index is 1.55. The Morgan fingerprint density at radius 1 is 1.08 bits per heavy atom. The molecule has 2 bridgehead atoms. The number of carbonyl (C=O) groups is 1. The molecule has 3 saturated heterocycles. The van der Waals surface area contributed by atoms with Crippen molar-refractivity contribution in [2.45, 2.75) is 44.4 Å². The van der Waals surface area contributed by atoms with Crippen LogP contribution in [-0.2, 0) is 17.5 Å². The van der Waals surface area contributed by atoms with E-state index in [1.165, 1.54) is 0 Å². The predicted molar refractivity (Wildman–Crippen MR) is 87.6 cm³/mol. The SMILES string of the molecule is O=C1C2CCC(CN(Cc3cc(F)ccc3C(F)(F)F)C2)N1CC1CC1. The van der Waals surface area contributed by atoms with E-state index in [0.29, 0.717) is 19.0 Å². The van der Waals surface area contributed by atoms with Crippen molar-refractivity contribution < 1.29 is 22.4 Å². The highest BCUT2D eigenvalue weighted by Crippen LogP contribution is 2.37. The number of hydrogen-bond acceptors (Lipinski definition) is 2. The molecule has 0 spiro atoms. The van der Waals surface area contributed by atoms with Crippen molar-refractivity contribution in [2.24, 2.45) is 11.8 Å². The minimum Gasteiger partial charge on any atom is -0.338 e. The van der Waals surface area contributed by atoms with Crippen LogP contribution in [0.15, 0.2) is 18.2 Å². The second-order valence-electron chi connectivity index (χ2n) is 7.86. The largest absolute Gasteiger partial charge is 0.416 e. The van der Waals surface area contributed by atoms with Crippen molar-refractivity contribution in [2.75, 3.05) is 19.6 Å². The molecule has 5 rings (SSSR count). The first-order valence-electron chi connectivity index (χ1n) is 9.19. The quantitative estimate of drug-likeness (QED) is 0.755. The zero-order valence-electron chi connectivity index (χ0n) is 14.4. The predicted octanol–water partition coefficient (Wildman–Crippen LogP) is 3.68. The summed E-state index contributed by atoms with van der Waals surface area (Å²) in [6, 6.07) is 2.69. The molecule has 4 fully saturated rings. The first-order chi connectivity index (χ1) is 12.3. The van der Waals surface area contributed by atoms with Gasteiger partial charge in [-0.2, -0.15) is 13.2 Å². The summed E-state index contributed by atoms with van der Waals surface area (Å²) in [6.45, 7) is 1.80. The molecular formula is C19H22F4N2O. The number of carbonyl (C=O) groups excluding carboxylic acids is 1. The fourth-order valence-corrected chi connectivity index (χ4v) is 4.29. The maximum absolute atomic E-state index is 13.6. The minimum absolute atomic E-state index is 0.0180. The van der Waals surface area contributed by atoms with E-state index in [-0.39, 0.29) is 30.0 Å². The van der Waals surface area contributed by atoms with E-state index < -0.39 is 17.6 Å². The zero-order chi connectivity index (χ0) is 18.5. The molecule has 7 heteroatoms. The van der Waals surface area contributed by atoms with Crippen molar-refractivity contribution in [3.63, 3.8) is 0 Å². The fourth-order valence-electron chi connectivity index (χ4n) is 4.29. The number of hydrogen-bond donors (Lipinski definition) is 0. The number of fused-ring (bicyclic) bond motifs is 4. The van der Waals surface area contributed by atoms with Crippen molar-refractivity contribution >= 4 is 5.91 Å². The second-order valence-corrected chi connectivity index (χ2v) is 7.86. The maximum Gasteiger partial charge on any atom is 0.416 e. The Kier molecular flexibility index (Phi) is 4.45. The Morgan fingerprint density at radius 3 is 2.54 bits per heavy atom. The minimum atomic E-state index is -4.51. The van der Waals surface area contributed by atoms with Crippen LogP contribution in [0.25, 0.3) is 0 Å².